The zero-order valence-electron chi connectivity index (χ0n) is 21.5. The number of nitrogens with zero attached hydrogens (tertiary/aromatic N) is 1. The van der Waals surface area contributed by atoms with Crippen molar-refractivity contribution in [3.63, 3.8) is 0 Å². The van der Waals surface area contributed by atoms with Gasteiger partial charge in [-0.2, -0.15) is 5.10 Å². The molecule has 2 N–H and O–H groups in total. The first-order valence-electron chi connectivity index (χ1n) is 12.2. The van der Waals surface area contributed by atoms with Gasteiger partial charge < -0.3 is 14.5 Å². The molecule has 0 unspecified atom stereocenters. The number of aryl methyl sites for hydroxylation is 1. The van der Waals surface area contributed by atoms with Crippen molar-refractivity contribution < 1.29 is 19.1 Å². The van der Waals surface area contributed by atoms with Gasteiger partial charge in [-0.05, 0) is 61.5 Å². The molecule has 0 spiro atoms. The number of carbonyl (C=O) groups is 2. The lowest BCUT2D eigenvalue weighted by molar-refractivity contribution is 0.0734. The van der Waals surface area contributed by atoms with Gasteiger partial charge in [-0.3, -0.25) is 4.79 Å². The Balaban J connectivity index is 1.43. The molecule has 0 atom stereocenters. The van der Waals surface area contributed by atoms with Crippen molar-refractivity contribution in [2.75, 3.05) is 7.11 Å². The molecule has 5 rings (SSSR count). The van der Waals surface area contributed by atoms with Crippen LogP contribution in [-0.2, 0) is 0 Å². The molecule has 9 heteroatoms. The average molecular weight is 617 g/mol. The van der Waals surface area contributed by atoms with E-state index >= 15 is 0 Å². The number of hydrazone groups is 1. The number of fused-ring (bicyclic) bond motifs is 1. The largest absolute Gasteiger partial charge is 0.497 e. The van der Waals surface area contributed by atoms with Crippen molar-refractivity contribution in [1.82, 2.24) is 10.4 Å². The molecule has 0 aliphatic rings. The van der Waals surface area contributed by atoms with Crippen LogP contribution in [0, 0.1) is 6.92 Å². The summed E-state index contributed by atoms with van der Waals surface area (Å²) in [5, 5.41) is 5.43. The number of nitrogens with one attached hydrogen (secondary N) is 2. The number of aromatic nitrogens is 1. The van der Waals surface area contributed by atoms with E-state index in [4.69, 9.17) is 21.1 Å². The molecular weight excluding hydrogens is 594 g/mol. The minimum Gasteiger partial charge on any atom is -0.497 e. The van der Waals surface area contributed by atoms with Crippen molar-refractivity contribution in [1.29, 1.82) is 0 Å². The number of esters is 1. The topological polar surface area (TPSA) is 92.8 Å². The van der Waals surface area contributed by atoms with Crippen LogP contribution in [0.5, 0.6) is 11.5 Å². The Morgan fingerprint density at radius 3 is 2.52 bits per heavy atom. The molecule has 0 saturated carbocycles. The Kier molecular flexibility index (Phi) is 8.00. The third-order valence-corrected chi connectivity index (χ3v) is 7.03. The van der Waals surface area contributed by atoms with E-state index in [0.29, 0.717) is 38.8 Å². The first-order valence-corrected chi connectivity index (χ1v) is 13.4. The van der Waals surface area contributed by atoms with Crippen molar-refractivity contribution in [2.45, 2.75) is 6.92 Å². The summed E-state index contributed by atoms with van der Waals surface area (Å²) in [6, 6.07) is 25.0. The van der Waals surface area contributed by atoms with Gasteiger partial charge in [-0.1, -0.05) is 63.4 Å². The summed E-state index contributed by atoms with van der Waals surface area (Å²) in [6.07, 6.45) is 1.42. The lowest BCUT2D eigenvalue weighted by Crippen LogP contribution is -2.19. The van der Waals surface area contributed by atoms with E-state index in [9.17, 15) is 9.59 Å². The lowest BCUT2D eigenvalue weighted by atomic mass is 10.0. The summed E-state index contributed by atoms with van der Waals surface area (Å²) in [5.41, 5.74) is 6.86. The summed E-state index contributed by atoms with van der Waals surface area (Å²) in [4.78, 5) is 29.3. The zero-order valence-corrected chi connectivity index (χ0v) is 23.8. The Morgan fingerprint density at radius 1 is 1.00 bits per heavy atom. The van der Waals surface area contributed by atoms with Gasteiger partial charge in [0, 0.05) is 37.1 Å². The van der Waals surface area contributed by atoms with Gasteiger partial charge in [-0.15, -0.1) is 0 Å². The molecule has 0 bridgehead atoms. The van der Waals surface area contributed by atoms with Gasteiger partial charge in [0.25, 0.3) is 5.91 Å². The molecule has 0 saturated heterocycles. The highest BCUT2D eigenvalue weighted by atomic mass is 79.9. The monoisotopic (exact) mass is 615 g/mol. The minimum absolute atomic E-state index is 0.286. The molecule has 4 aromatic carbocycles. The maximum atomic E-state index is 13.4. The number of methoxy groups -OCH3 is 1. The summed E-state index contributed by atoms with van der Waals surface area (Å²) in [7, 11) is 1.58. The number of H-pyrrole nitrogens is 1. The Labute approximate surface area is 243 Å². The number of halogens is 2. The van der Waals surface area contributed by atoms with Gasteiger partial charge in [0.15, 0.2) is 0 Å². The molecule has 200 valence electrons. The number of carbonyl (C=O) groups excluding carboxylic acids is 2. The van der Waals surface area contributed by atoms with E-state index in [-0.39, 0.29) is 5.69 Å². The predicted molar refractivity (Wildman–Crippen MR) is 161 cm³/mol. The number of amides is 1. The third-order valence-electron chi connectivity index (χ3n) is 6.21. The lowest BCUT2D eigenvalue weighted by Gasteiger charge is -2.09. The molecule has 0 fully saturated rings. The van der Waals surface area contributed by atoms with E-state index in [2.05, 4.69) is 31.4 Å². The molecule has 1 heterocycles. The van der Waals surface area contributed by atoms with E-state index < -0.39 is 11.9 Å². The highest BCUT2D eigenvalue weighted by molar-refractivity contribution is 9.10. The molecule has 5 aromatic rings. The highest BCUT2D eigenvalue weighted by Gasteiger charge is 2.21. The van der Waals surface area contributed by atoms with E-state index in [0.717, 1.165) is 20.9 Å². The normalized spacial score (nSPS) is 11.1. The molecule has 40 heavy (non-hydrogen) atoms. The van der Waals surface area contributed by atoms with Crippen LogP contribution in [0.4, 0.5) is 0 Å². The summed E-state index contributed by atoms with van der Waals surface area (Å²) >= 11 is 9.95. The molecule has 0 radical (unpaired) electrons. The van der Waals surface area contributed by atoms with Crippen LogP contribution in [0.25, 0.3) is 22.0 Å². The molecule has 0 aliphatic carbocycles. The maximum absolute atomic E-state index is 13.4. The van der Waals surface area contributed by atoms with Crippen molar-refractivity contribution >= 4 is 56.5 Å². The molecule has 0 aliphatic heterocycles. The van der Waals surface area contributed by atoms with Gasteiger partial charge >= 0.3 is 5.97 Å². The summed E-state index contributed by atoms with van der Waals surface area (Å²) < 4.78 is 11.8. The van der Waals surface area contributed by atoms with E-state index in [1.807, 2.05) is 55.5 Å². The fraction of sp³-hybridized carbons (Fsp3) is 0.0645. The second-order valence-corrected chi connectivity index (χ2v) is 10.2. The number of ether oxygens (including phenoxy) is 2. The number of hydrogen-bond acceptors (Lipinski definition) is 5. The van der Waals surface area contributed by atoms with Crippen LogP contribution in [0.1, 0.15) is 32.0 Å². The predicted octanol–water partition coefficient (Wildman–Crippen LogP) is 7.55. The number of hydrogen-bond donors (Lipinski definition) is 2. The first kappa shape index (κ1) is 27.2. The van der Waals surface area contributed by atoms with E-state index in [1.54, 1.807) is 43.5 Å². The molecule has 1 aromatic heterocycles. The molecular formula is C31H23BrClN3O4. The summed E-state index contributed by atoms with van der Waals surface area (Å²) in [5.74, 6) is -0.0400. The average Bonchev–Trinajstić information content (AvgIpc) is 3.33. The fourth-order valence-corrected chi connectivity index (χ4v) is 4.80. The van der Waals surface area contributed by atoms with Gasteiger partial charge in [0.1, 0.15) is 17.2 Å². The van der Waals surface area contributed by atoms with Gasteiger partial charge in [-0.25, -0.2) is 10.2 Å². The second-order valence-electron chi connectivity index (χ2n) is 8.90. The standard InChI is InChI=1S/C31H23BrClN3O4/c1-18-7-9-19(10-8-18)31(38)40-27-14-11-21(32)15-20(27)17-34-36-30(37)29-28(23-5-3-4-6-25(23)33)24-16-22(39-2)12-13-26(24)35-29/h3-17,35H,1-2H3,(H,36,37). The number of benzene rings is 4. The second kappa shape index (κ2) is 11.8. The fourth-order valence-electron chi connectivity index (χ4n) is 4.19. The van der Waals surface area contributed by atoms with Crippen LogP contribution in [0.15, 0.2) is 94.5 Å². The van der Waals surface area contributed by atoms with Crippen LogP contribution in [-0.4, -0.2) is 30.2 Å². The van der Waals surface area contributed by atoms with Gasteiger partial charge in [0.05, 0.1) is 18.9 Å². The van der Waals surface area contributed by atoms with Crippen molar-refractivity contribution in [2.24, 2.45) is 5.10 Å². The maximum Gasteiger partial charge on any atom is 0.343 e. The SMILES string of the molecule is COc1ccc2[nH]c(C(=O)NN=Cc3cc(Br)ccc3OC(=O)c3ccc(C)cc3)c(-c3ccccc3Cl)c2c1. The van der Waals surface area contributed by atoms with Crippen LogP contribution < -0.4 is 14.9 Å². The zero-order chi connectivity index (χ0) is 28.2. The molecule has 1 amide bonds. The van der Waals surface area contributed by atoms with Crippen LogP contribution >= 0.6 is 27.5 Å². The number of rotatable bonds is 7. The van der Waals surface area contributed by atoms with Gasteiger partial charge in [0.2, 0.25) is 0 Å². The highest BCUT2D eigenvalue weighted by Crippen LogP contribution is 2.38. The smallest absolute Gasteiger partial charge is 0.343 e. The quantitative estimate of drug-likeness (QED) is 0.0855. The van der Waals surface area contributed by atoms with E-state index in [1.165, 1.54) is 6.21 Å². The Bertz CT molecular complexity index is 1760. The minimum atomic E-state index is -0.501. The Morgan fingerprint density at radius 2 is 1.77 bits per heavy atom. The molecule has 7 nitrogen and oxygen atoms in total. The summed E-state index contributed by atoms with van der Waals surface area (Å²) in [6.45, 7) is 1.94. The van der Waals surface area contributed by atoms with Crippen molar-refractivity contribution in [3.05, 3.63) is 117 Å². The Hall–Kier alpha value is -4.40. The van der Waals surface area contributed by atoms with Crippen LogP contribution in [0.2, 0.25) is 5.02 Å². The third kappa shape index (κ3) is 5.78. The first-order chi connectivity index (χ1) is 19.3. The number of aromatic amines is 1. The van der Waals surface area contributed by atoms with Crippen molar-refractivity contribution in [3.8, 4) is 22.6 Å². The van der Waals surface area contributed by atoms with Crippen LogP contribution in [0.3, 0.4) is 0 Å².